The lowest BCUT2D eigenvalue weighted by Crippen LogP contribution is -2.04. The van der Waals surface area contributed by atoms with E-state index in [-0.39, 0.29) is 5.78 Å². The van der Waals surface area contributed by atoms with Crippen LogP contribution in [0.25, 0.3) is 0 Å². The average molecular weight is 394 g/mol. The number of aryl methyl sites for hydroxylation is 2. The van der Waals surface area contributed by atoms with Gasteiger partial charge in [-0.05, 0) is 86.1 Å². The normalized spacial score (nSPS) is 10.5. The van der Waals surface area contributed by atoms with Gasteiger partial charge in [0, 0.05) is 11.1 Å². The molecule has 4 aromatic carbocycles. The van der Waals surface area contributed by atoms with E-state index in [0.717, 1.165) is 28.2 Å². The minimum atomic E-state index is 0.0187. The van der Waals surface area contributed by atoms with E-state index in [1.807, 2.05) is 98.8 Å². The Hall–Kier alpha value is -3.85. The van der Waals surface area contributed by atoms with Crippen molar-refractivity contribution in [1.29, 1.82) is 0 Å². The van der Waals surface area contributed by atoms with Gasteiger partial charge in [-0.3, -0.25) is 4.79 Å². The van der Waals surface area contributed by atoms with Gasteiger partial charge in [0.2, 0.25) is 0 Å². The first-order chi connectivity index (χ1) is 14.6. The van der Waals surface area contributed by atoms with E-state index < -0.39 is 0 Å². The summed E-state index contributed by atoms with van der Waals surface area (Å²) < 4.78 is 11.7. The highest BCUT2D eigenvalue weighted by Gasteiger charge is 2.12. The van der Waals surface area contributed by atoms with Crippen LogP contribution in [0, 0.1) is 13.8 Å². The summed E-state index contributed by atoms with van der Waals surface area (Å²) in [4.78, 5) is 12.8. The molecule has 0 radical (unpaired) electrons. The fourth-order valence-electron chi connectivity index (χ4n) is 3.15. The maximum Gasteiger partial charge on any atom is 0.193 e. The summed E-state index contributed by atoms with van der Waals surface area (Å²) in [6, 6.07) is 30.2. The quantitative estimate of drug-likeness (QED) is 0.327. The number of hydrogen-bond acceptors (Lipinski definition) is 3. The Morgan fingerprint density at radius 3 is 1.67 bits per heavy atom. The summed E-state index contributed by atoms with van der Waals surface area (Å²) in [5, 5.41) is 0. The van der Waals surface area contributed by atoms with E-state index in [9.17, 15) is 4.79 Å². The monoisotopic (exact) mass is 394 g/mol. The third kappa shape index (κ3) is 4.58. The number of hydrogen-bond donors (Lipinski definition) is 0. The fourth-order valence-corrected chi connectivity index (χ4v) is 3.15. The molecule has 0 aromatic heterocycles. The van der Waals surface area contributed by atoms with E-state index in [2.05, 4.69) is 0 Å². The van der Waals surface area contributed by atoms with Crippen LogP contribution in [-0.4, -0.2) is 5.78 Å². The molecule has 0 atom stereocenters. The Balaban J connectivity index is 1.43. The van der Waals surface area contributed by atoms with Gasteiger partial charge in [0.15, 0.2) is 5.78 Å². The zero-order valence-electron chi connectivity index (χ0n) is 17.0. The Labute approximate surface area is 176 Å². The zero-order valence-corrected chi connectivity index (χ0v) is 17.0. The number of ether oxygens (including phenoxy) is 2. The van der Waals surface area contributed by atoms with Crippen LogP contribution in [0.15, 0.2) is 97.1 Å². The topological polar surface area (TPSA) is 35.5 Å². The van der Waals surface area contributed by atoms with Crippen molar-refractivity contribution in [3.8, 4) is 23.0 Å². The molecule has 0 N–H and O–H groups in total. The van der Waals surface area contributed by atoms with Gasteiger partial charge in [-0.1, -0.05) is 35.9 Å². The number of rotatable bonds is 6. The molecule has 148 valence electrons. The zero-order chi connectivity index (χ0) is 20.9. The molecule has 0 aliphatic rings. The van der Waals surface area contributed by atoms with Gasteiger partial charge in [-0.15, -0.1) is 0 Å². The van der Waals surface area contributed by atoms with Crippen LogP contribution in [0.5, 0.6) is 23.0 Å². The molecule has 3 heteroatoms. The van der Waals surface area contributed by atoms with Gasteiger partial charge in [0.05, 0.1) is 0 Å². The molecular weight excluding hydrogens is 372 g/mol. The first-order valence-electron chi connectivity index (χ1n) is 9.81. The third-order valence-electron chi connectivity index (χ3n) is 4.79. The molecule has 0 spiro atoms. The largest absolute Gasteiger partial charge is 0.457 e. The van der Waals surface area contributed by atoms with Crippen molar-refractivity contribution in [1.82, 2.24) is 0 Å². The molecule has 0 unspecified atom stereocenters. The van der Waals surface area contributed by atoms with Crippen molar-refractivity contribution >= 4 is 5.78 Å². The van der Waals surface area contributed by atoms with Gasteiger partial charge >= 0.3 is 0 Å². The number of carbonyl (C=O) groups is 1. The summed E-state index contributed by atoms with van der Waals surface area (Å²) in [5.41, 5.74) is 3.42. The Morgan fingerprint density at radius 2 is 1.10 bits per heavy atom. The van der Waals surface area contributed by atoms with E-state index in [4.69, 9.17) is 9.47 Å². The number of carbonyl (C=O) groups excluding carboxylic acids is 1. The average Bonchev–Trinajstić information content (AvgIpc) is 2.77. The van der Waals surface area contributed by atoms with Gasteiger partial charge in [0.1, 0.15) is 23.0 Å². The van der Waals surface area contributed by atoms with Crippen molar-refractivity contribution in [3.63, 3.8) is 0 Å². The molecule has 3 nitrogen and oxygen atoms in total. The van der Waals surface area contributed by atoms with Crippen LogP contribution >= 0.6 is 0 Å². The highest BCUT2D eigenvalue weighted by molar-refractivity contribution is 6.10. The molecular formula is C27H22O3. The van der Waals surface area contributed by atoms with Crippen LogP contribution < -0.4 is 9.47 Å². The molecule has 0 amide bonds. The minimum Gasteiger partial charge on any atom is -0.457 e. The van der Waals surface area contributed by atoms with Crippen LogP contribution in [-0.2, 0) is 0 Å². The molecule has 0 saturated heterocycles. The summed E-state index contributed by atoms with van der Waals surface area (Å²) in [6.45, 7) is 3.94. The lowest BCUT2D eigenvalue weighted by molar-refractivity contribution is 0.103. The lowest BCUT2D eigenvalue weighted by atomic mass is 9.97. The molecule has 0 fully saturated rings. The molecule has 0 aliphatic heterocycles. The number of benzene rings is 4. The van der Waals surface area contributed by atoms with Gasteiger partial charge < -0.3 is 9.47 Å². The maximum atomic E-state index is 12.8. The third-order valence-corrected chi connectivity index (χ3v) is 4.79. The highest BCUT2D eigenvalue weighted by Crippen LogP contribution is 2.27. The van der Waals surface area contributed by atoms with Crippen LogP contribution in [0.4, 0.5) is 0 Å². The minimum absolute atomic E-state index is 0.0187. The number of para-hydroxylation sites is 1. The first-order valence-corrected chi connectivity index (χ1v) is 9.81. The van der Waals surface area contributed by atoms with Crippen molar-refractivity contribution in [3.05, 3.63) is 119 Å². The molecule has 4 rings (SSSR count). The van der Waals surface area contributed by atoms with Gasteiger partial charge in [-0.2, -0.15) is 0 Å². The molecule has 0 aliphatic carbocycles. The smallest absolute Gasteiger partial charge is 0.193 e. The predicted octanol–water partition coefficient (Wildman–Crippen LogP) is 7.12. The van der Waals surface area contributed by atoms with Crippen molar-refractivity contribution in [2.24, 2.45) is 0 Å². The second-order valence-electron chi connectivity index (χ2n) is 7.16. The summed E-state index contributed by atoms with van der Waals surface area (Å²) in [7, 11) is 0. The van der Waals surface area contributed by atoms with Gasteiger partial charge in [-0.25, -0.2) is 0 Å². The Kier molecular flexibility index (Phi) is 5.62. The molecule has 0 saturated carbocycles. The van der Waals surface area contributed by atoms with Crippen LogP contribution in [0.3, 0.4) is 0 Å². The van der Waals surface area contributed by atoms with E-state index in [1.54, 1.807) is 12.1 Å². The SMILES string of the molecule is Cc1ccc(C)c(C(=O)c2ccc(Oc3ccc(Oc4ccccc4)cc3)cc2)c1. The molecule has 30 heavy (non-hydrogen) atoms. The second-order valence-corrected chi connectivity index (χ2v) is 7.16. The maximum absolute atomic E-state index is 12.8. The van der Waals surface area contributed by atoms with E-state index in [0.29, 0.717) is 17.1 Å². The standard InChI is InChI=1S/C27H22O3/c1-19-8-9-20(2)26(18-19)27(28)21-10-12-23(13-11-21)30-25-16-14-24(15-17-25)29-22-6-4-3-5-7-22/h3-18H,1-2H3. The Bertz CT molecular complexity index is 1150. The fraction of sp³-hybridized carbons (Fsp3) is 0.0741. The molecule has 4 aromatic rings. The molecule has 0 bridgehead atoms. The lowest BCUT2D eigenvalue weighted by Gasteiger charge is -2.09. The van der Waals surface area contributed by atoms with Crippen LogP contribution in [0.2, 0.25) is 0 Å². The van der Waals surface area contributed by atoms with Crippen LogP contribution in [0.1, 0.15) is 27.0 Å². The summed E-state index contributed by atoms with van der Waals surface area (Å²) >= 11 is 0. The van der Waals surface area contributed by atoms with E-state index in [1.165, 1.54) is 0 Å². The van der Waals surface area contributed by atoms with Crippen molar-refractivity contribution < 1.29 is 14.3 Å². The summed E-state index contributed by atoms with van der Waals surface area (Å²) in [5.74, 6) is 2.91. The van der Waals surface area contributed by atoms with Gasteiger partial charge in [0.25, 0.3) is 0 Å². The predicted molar refractivity (Wildman–Crippen MR) is 119 cm³/mol. The summed E-state index contributed by atoms with van der Waals surface area (Å²) in [6.07, 6.45) is 0. The van der Waals surface area contributed by atoms with Crippen molar-refractivity contribution in [2.45, 2.75) is 13.8 Å². The first kappa shape index (κ1) is 19.5. The van der Waals surface area contributed by atoms with Crippen molar-refractivity contribution in [2.75, 3.05) is 0 Å². The molecule has 0 heterocycles. The highest BCUT2D eigenvalue weighted by atomic mass is 16.5. The Morgan fingerprint density at radius 1 is 0.600 bits per heavy atom. The number of ketones is 1. The van der Waals surface area contributed by atoms with E-state index >= 15 is 0 Å². The second kappa shape index (κ2) is 8.66.